The van der Waals surface area contributed by atoms with Gasteiger partial charge in [0.05, 0.1) is 18.5 Å². The summed E-state index contributed by atoms with van der Waals surface area (Å²) in [4.78, 5) is 4.04. The van der Waals surface area contributed by atoms with Crippen molar-refractivity contribution in [1.29, 1.82) is 0 Å². The van der Waals surface area contributed by atoms with Crippen LogP contribution in [0.3, 0.4) is 0 Å². The van der Waals surface area contributed by atoms with Crippen molar-refractivity contribution >= 4 is 18.1 Å². The van der Waals surface area contributed by atoms with Gasteiger partial charge in [-0.05, 0) is 6.07 Å². The molecule has 0 aliphatic rings. The predicted molar refractivity (Wildman–Crippen MR) is 50.3 cm³/mol. The number of nitrogens with zero attached hydrogens (tertiary/aromatic N) is 1. The Labute approximate surface area is 77.3 Å². The zero-order chi connectivity index (χ0) is 8.27. The molecule has 0 amide bonds. The molecule has 68 valence electrons. The average Bonchev–Trinajstić information content (AvgIpc) is 2.05. The Hall–Kier alpha value is -1.00. The molecule has 0 aliphatic carbocycles. The Balaban J connectivity index is 0.00000121. The van der Waals surface area contributed by atoms with Gasteiger partial charge >= 0.3 is 0 Å². The molecule has 5 heteroatoms. The molecule has 0 saturated carbocycles. The predicted octanol–water partition coefficient (Wildman–Crippen LogP) is 0.553. The molecule has 0 radical (unpaired) electrons. The first-order valence-corrected chi connectivity index (χ1v) is 3.27. The number of aromatic nitrogens is 1. The smallest absolute Gasteiger partial charge is 0.213 e. The Bertz CT molecular complexity index is 254. The summed E-state index contributed by atoms with van der Waals surface area (Å²) in [6.45, 7) is 0.336. The van der Waals surface area contributed by atoms with Crippen LogP contribution in [0, 0.1) is 0 Å². The average molecular weight is 190 g/mol. The summed E-state index contributed by atoms with van der Waals surface area (Å²) in [6.07, 6.45) is 0. The first-order valence-electron chi connectivity index (χ1n) is 3.27. The third kappa shape index (κ3) is 2.25. The molecule has 1 rings (SSSR count). The van der Waals surface area contributed by atoms with Crippen molar-refractivity contribution in [3.05, 3.63) is 17.8 Å². The van der Waals surface area contributed by atoms with Crippen LogP contribution in [0.4, 0.5) is 5.69 Å². The summed E-state index contributed by atoms with van der Waals surface area (Å²) in [7, 11) is 1.55. The highest BCUT2D eigenvalue weighted by Crippen LogP contribution is 2.13. The third-order valence-corrected chi connectivity index (χ3v) is 1.39. The minimum atomic E-state index is 0. The molecule has 0 atom stereocenters. The van der Waals surface area contributed by atoms with Crippen molar-refractivity contribution in [2.75, 3.05) is 12.8 Å². The van der Waals surface area contributed by atoms with Gasteiger partial charge in [0.1, 0.15) is 0 Å². The molecular formula is C7H12ClN3O. The molecule has 1 aromatic rings. The van der Waals surface area contributed by atoms with E-state index in [0.717, 1.165) is 0 Å². The van der Waals surface area contributed by atoms with Gasteiger partial charge in [0.25, 0.3) is 0 Å². The number of halogens is 1. The van der Waals surface area contributed by atoms with Gasteiger partial charge in [0.2, 0.25) is 5.88 Å². The van der Waals surface area contributed by atoms with Crippen LogP contribution in [0.15, 0.2) is 12.1 Å². The minimum Gasteiger partial charge on any atom is -0.481 e. The van der Waals surface area contributed by atoms with Crippen molar-refractivity contribution < 1.29 is 4.74 Å². The fraction of sp³-hybridized carbons (Fsp3) is 0.286. The van der Waals surface area contributed by atoms with Crippen LogP contribution in [0.1, 0.15) is 5.69 Å². The van der Waals surface area contributed by atoms with E-state index in [4.69, 9.17) is 16.2 Å². The lowest BCUT2D eigenvalue weighted by Crippen LogP contribution is -2.05. The maximum atomic E-state index is 5.56. The van der Waals surface area contributed by atoms with Crippen molar-refractivity contribution in [3.63, 3.8) is 0 Å². The Kier molecular flexibility index (Phi) is 4.39. The molecule has 4 nitrogen and oxygen atoms in total. The largest absolute Gasteiger partial charge is 0.481 e. The highest BCUT2D eigenvalue weighted by atomic mass is 35.5. The van der Waals surface area contributed by atoms with Crippen molar-refractivity contribution in [2.45, 2.75) is 6.54 Å². The summed E-state index contributed by atoms with van der Waals surface area (Å²) in [5.74, 6) is 0.541. The van der Waals surface area contributed by atoms with Gasteiger partial charge in [-0.1, -0.05) is 0 Å². The number of nitrogens with two attached hydrogens (primary N) is 2. The topological polar surface area (TPSA) is 74.2 Å². The van der Waals surface area contributed by atoms with E-state index in [1.165, 1.54) is 0 Å². The number of ether oxygens (including phenoxy) is 1. The van der Waals surface area contributed by atoms with Gasteiger partial charge in [-0.15, -0.1) is 12.4 Å². The second kappa shape index (κ2) is 4.79. The van der Waals surface area contributed by atoms with E-state index in [1.54, 1.807) is 19.2 Å². The molecule has 0 aromatic carbocycles. The lowest BCUT2D eigenvalue weighted by molar-refractivity contribution is 0.396. The van der Waals surface area contributed by atoms with Gasteiger partial charge < -0.3 is 16.2 Å². The quantitative estimate of drug-likeness (QED) is 0.713. The van der Waals surface area contributed by atoms with E-state index >= 15 is 0 Å². The van der Waals surface area contributed by atoms with E-state index in [1.807, 2.05) is 0 Å². The first-order chi connectivity index (χ1) is 5.27. The number of nitrogen functional groups attached to an aromatic ring is 1. The van der Waals surface area contributed by atoms with E-state index in [-0.39, 0.29) is 12.4 Å². The van der Waals surface area contributed by atoms with E-state index in [9.17, 15) is 0 Å². The molecule has 1 aromatic heterocycles. The highest BCUT2D eigenvalue weighted by molar-refractivity contribution is 5.85. The SMILES string of the molecule is COc1ccc(N)c(CN)n1.Cl. The molecule has 0 saturated heterocycles. The molecule has 0 aliphatic heterocycles. The summed E-state index contributed by atoms with van der Waals surface area (Å²) < 4.78 is 4.89. The van der Waals surface area contributed by atoms with Gasteiger partial charge in [0.15, 0.2) is 0 Å². The number of rotatable bonds is 2. The summed E-state index contributed by atoms with van der Waals surface area (Å²) in [5, 5.41) is 0. The van der Waals surface area contributed by atoms with Crippen LogP contribution in [0.2, 0.25) is 0 Å². The fourth-order valence-electron chi connectivity index (χ4n) is 0.769. The van der Waals surface area contributed by atoms with Crippen LogP contribution < -0.4 is 16.2 Å². The van der Waals surface area contributed by atoms with Crippen LogP contribution in [-0.4, -0.2) is 12.1 Å². The standard InChI is InChI=1S/C7H11N3O.ClH/c1-11-7-3-2-5(9)6(4-8)10-7;/h2-3H,4,8-9H2,1H3;1H. The molecule has 0 fully saturated rings. The van der Waals surface area contributed by atoms with E-state index in [0.29, 0.717) is 23.8 Å². The second-order valence-corrected chi connectivity index (χ2v) is 2.09. The summed E-state index contributed by atoms with van der Waals surface area (Å²) in [6, 6.07) is 3.43. The lowest BCUT2D eigenvalue weighted by Gasteiger charge is -2.03. The minimum absolute atomic E-state index is 0. The van der Waals surface area contributed by atoms with Crippen LogP contribution in [0.25, 0.3) is 0 Å². The molecule has 4 N–H and O–H groups in total. The molecule has 12 heavy (non-hydrogen) atoms. The number of hydrogen-bond donors (Lipinski definition) is 2. The molecular weight excluding hydrogens is 178 g/mol. The zero-order valence-electron chi connectivity index (χ0n) is 6.78. The first kappa shape index (κ1) is 11.0. The molecule has 0 unspecified atom stereocenters. The number of hydrogen-bond acceptors (Lipinski definition) is 4. The van der Waals surface area contributed by atoms with Crippen LogP contribution in [-0.2, 0) is 6.54 Å². The number of pyridine rings is 1. The van der Waals surface area contributed by atoms with Crippen molar-refractivity contribution in [2.24, 2.45) is 5.73 Å². The molecule has 0 bridgehead atoms. The Morgan fingerprint density at radius 3 is 2.67 bits per heavy atom. The fourth-order valence-corrected chi connectivity index (χ4v) is 0.769. The third-order valence-electron chi connectivity index (χ3n) is 1.39. The second-order valence-electron chi connectivity index (χ2n) is 2.09. The summed E-state index contributed by atoms with van der Waals surface area (Å²) >= 11 is 0. The lowest BCUT2D eigenvalue weighted by atomic mass is 10.3. The Morgan fingerprint density at radius 2 is 2.17 bits per heavy atom. The van der Waals surface area contributed by atoms with Crippen molar-refractivity contribution in [3.8, 4) is 5.88 Å². The van der Waals surface area contributed by atoms with Gasteiger partial charge in [-0.25, -0.2) is 4.98 Å². The van der Waals surface area contributed by atoms with Crippen LogP contribution in [0.5, 0.6) is 5.88 Å². The monoisotopic (exact) mass is 189 g/mol. The summed E-state index contributed by atoms with van der Waals surface area (Å²) in [5.41, 5.74) is 12.2. The van der Waals surface area contributed by atoms with Gasteiger partial charge in [0, 0.05) is 12.6 Å². The molecule has 1 heterocycles. The normalized spacial score (nSPS) is 8.83. The van der Waals surface area contributed by atoms with Crippen molar-refractivity contribution in [1.82, 2.24) is 4.98 Å². The van der Waals surface area contributed by atoms with Gasteiger partial charge in [-0.3, -0.25) is 0 Å². The number of anilines is 1. The highest BCUT2D eigenvalue weighted by Gasteiger charge is 1.99. The zero-order valence-corrected chi connectivity index (χ0v) is 7.60. The maximum Gasteiger partial charge on any atom is 0.213 e. The Morgan fingerprint density at radius 1 is 1.50 bits per heavy atom. The number of methoxy groups -OCH3 is 1. The van der Waals surface area contributed by atoms with Crippen LogP contribution >= 0.6 is 12.4 Å². The maximum absolute atomic E-state index is 5.56. The van der Waals surface area contributed by atoms with Gasteiger partial charge in [-0.2, -0.15) is 0 Å². The van der Waals surface area contributed by atoms with E-state index in [2.05, 4.69) is 4.98 Å². The van der Waals surface area contributed by atoms with E-state index < -0.39 is 0 Å². The molecule has 0 spiro atoms.